The lowest BCUT2D eigenvalue weighted by Gasteiger charge is -2.16. The maximum absolute atomic E-state index is 12.3. The number of rotatable bonds is 6. The van der Waals surface area contributed by atoms with Crippen molar-refractivity contribution >= 4 is 39.1 Å². The Morgan fingerprint density at radius 3 is 2.38 bits per heavy atom. The molecule has 0 spiro atoms. The van der Waals surface area contributed by atoms with Crippen molar-refractivity contribution < 1.29 is 19.0 Å². The van der Waals surface area contributed by atoms with E-state index in [2.05, 4.69) is 21.2 Å². The van der Waals surface area contributed by atoms with Crippen LogP contribution >= 0.6 is 27.5 Å². The number of hydrogen-bond acceptors (Lipinski definition) is 4. The Bertz CT molecular complexity index is 739. The first-order valence-electron chi connectivity index (χ1n) is 7.09. The van der Waals surface area contributed by atoms with Crippen molar-refractivity contribution in [2.24, 2.45) is 0 Å². The number of hydrogen-bond donors (Lipinski definition) is 1. The third-order valence-corrected chi connectivity index (χ3v) is 4.07. The monoisotopic (exact) mass is 413 g/mol. The van der Waals surface area contributed by atoms with Gasteiger partial charge in [0.05, 0.1) is 18.7 Å². The number of ether oxygens (including phenoxy) is 3. The number of carbonyl (C=O) groups is 1. The predicted molar refractivity (Wildman–Crippen MR) is 97.4 cm³/mol. The van der Waals surface area contributed by atoms with Crippen LogP contribution in [0.25, 0.3) is 0 Å². The molecule has 2 aromatic rings. The number of methoxy groups -OCH3 is 2. The van der Waals surface area contributed by atoms with Crippen LogP contribution in [0, 0.1) is 0 Å². The Hall–Kier alpha value is -1.92. The number of nitrogens with one attached hydrogen (secondary N) is 1. The Balaban J connectivity index is 2.06. The summed E-state index contributed by atoms with van der Waals surface area (Å²) in [5.41, 5.74) is 0.586. The zero-order chi connectivity index (χ0) is 17.7. The van der Waals surface area contributed by atoms with Gasteiger partial charge in [0.1, 0.15) is 5.75 Å². The van der Waals surface area contributed by atoms with Gasteiger partial charge in [-0.25, -0.2) is 0 Å². The highest BCUT2D eigenvalue weighted by Gasteiger charge is 2.17. The molecule has 0 fully saturated rings. The molecule has 0 saturated heterocycles. The summed E-state index contributed by atoms with van der Waals surface area (Å²) in [5, 5.41) is 3.36. The Labute approximate surface area is 154 Å². The molecule has 0 aliphatic rings. The van der Waals surface area contributed by atoms with Crippen LogP contribution in [0.1, 0.15) is 6.92 Å². The number of carbonyl (C=O) groups excluding carboxylic acids is 1. The molecule has 5 nitrogen and oxygen atoms in total. The molecular formula is C17H17BrClNO4. The number of amides is 1. The Kier molecular flexibility index (Phi) is 6.34. The first-order chi connectivity index (χ1) is 11.4. The number of halogens is 2. The van der Waals surface area contributed by atoms with E-state index < -0.39 is 6.10 Å². The van der Waals surface area contributed by atoms with Gasteiger partial charge in [-0.1, -0.05) is 11.6 Å². The first kappa shape index (κ1) is 18.4. The normalized spacial score (nSPS) is 11.5. The van der Waals surface area contributed by atoms with Crippen LogP contribution in [0.2, 0.25) is 5.02 Å². The molecular weight excluding hydrogens is 398 g/mol. The predicted octanol–water partition coefficient (Wildman–Crippen LogP) is 4.53. The molecule has 0 radical (unpaired) electrons. The summed E-state index contributed by atoms with van der Waals surface area (Å²) in [6, 6.07) is 10.2. The van der Waals surface area contributed by atoms with Crippen molar-refractivity contribution in [3.63, 3.8) is 0 Å². The van der Waals surface area contributed by atoms with E-state index in [-0.39, 0.29) is 5.91 Å². The minimum Gasteiger partial charge on any atom is -0.493 e. The minimum absolute atomic E-state index is 0.288. The van der Waals surface area contributed by atoms with Crippen LogP contribution < -0.4 is 19.5 Å². The highest BCUT2D eigenvalue weighted by molar-refractivity contribution is 9.10. The summed E-state index contributed by atoms with van der Waals surface area (Å²) in [6.07, 6.45) is -0.699. The lowest BCUT2D eigenvalue weighted by molar-refractivity contribution is -0.122. The zero-order valence-corrected chi connectivity index (χ0v) is 15.8. The molecule has 0 bridgehead atoms. The average molecular weight is 415 g/mol. The van der Waals surface area contributed by atoms with Crippen molar-refractivity contribution in [1.29, 1.82) is 0 Å². The first-order valence-corrected chi connectivity index (χ1v) is 8.26. The molecule has 24 heavy (non-hydrogen) atoms. The van der Waals surface area contributed by atoms with Crippen molar-refractivity contribution in [2.75, 3.05) is 19.5 Å². The van der Waals surface area contributed by atoms with Gasteiger partial charge in [0.15, 0.2) is 17.6 Å². The molecule has 0 unspecified atom stereocenters. The van der Waals surface area contributed by atoms with Gasteiger partial charge < -0.3 is 19.5 Å². The second kappa shape index (κ2) is 8.26. The van der Waals surface area contributed by atoms with E-state index in [9.17, 15) is 4.79 Å². The minimum atomic E-state index is -0.699. The van der Waals surface area contributed by atoms with Gasteiger partial charge in [-0.15, -0.1) is 0 Å². The molecule has 2 aromatic carbocycles. The van der Waals surface area contributed by atoms with E-state index in [0.29, 0.717) is 32.4 Å². The topological polar surface area (TPSA) is 56.8 Å². The smallest absolute Gasteiger partial charge is 0.265 e. The van der Waals surface area contributed by atoms with Crippen molar-refractivity contribution in [1.82, 2.24) is 0 Å². The van der Waals surface area contributed by atoms with E-state index >= 15 is 0 Å². The highest BCUT2D eigenvalue weighted by Crippen LogP contribution is 2.31. The van der Waals surface area contributed by atoms with E-state index in [1.54, 1.807) is 50.4 Å². The maximum atomic E-state index is 12.3. The molecule has 1 atom stereocenters. The van der Waals surface area contributed by atoms with Crippen LogP contribution in [0.15, 0.2) is 40.9 Å². The Morgan fingerprint density at radius 1 is 1.08 bits per heavy atom. The lowest BCUT2D eigenvalue weighted by atomic mass is 10.2. The summed E-state index contributed by atoms with van der Waals surface area (Å²) in [6.45, 7) is 1.66. The van der Waals surface area contributed by atoms with E-state index in [1.165, 1.54) is 7.11 Å². The highest BCUT2D eigenvalue weighted by atomic mass is 79.9. The van der Waals surface area contributed by atoms with Gasteiger partial charge in [0.25, 0.3) is 5.91 Å². The SMILES string of the molecule is COc1ccc(NC(=O)[C@H](C)Oc2ccc(Cl)cc2Br)cc1OC. The quantitative estimate of drug-likeness (QED) is 0.755. The molecule has 0 heterocycles. The second-order valence-electron chi connectivity index (χ2n) is 4.89. The summed E-state index contributed by atoms with van der Waals surface area (Å²) in [5.74, 6) is 1.37. The van der Waals surface area contributed by atoms with Crippen LogP contribution in [0.5, 0.6) is 17.2 Å². The van der Waals surface area contributed by atoms with Crippen LogP contribution in [0.4, 0.5) is 5.69 Å². The molecule has 0 aliphatic heterocycles. The summed E-state index contributed by atoms with van der Waals surface area (Å²) < 4.78 is 16.7. The summed E-state index contributed by atoms with van der Waals surface area (Å²) in [4.78, 5) is 12.3. The standard InChI is InChI=1S/C17H17BrClNO4/c1-10(24-14-6-4-11(19)8-13(14)18)17(21)20-12-5-7-15(22-2)16(9-12)23-3/h4-10H,1-3H3,(H,20,21)/t10-/m0/s1. The number of benzene rings is 2. The van der Waals surface area contributed by atoms with Crippen molar-refractivity contribution in [2.45, 2.75) is 13.0 Å². The van der Waals surface area contributed by atoms with Gasteiger partial charge in [0.2, 0.25) is 0 Å². The third kappa shape index (κ3) is 4.55. The fourth-order valence-electron chi connectivity index (χ4n) is 1.97. The summed E-state index contributed by atoms with van der Waals surface area (Å²) >= 11 is 9.24. The third-order valence-electron chi connectivity index (χ3n) is 3.22. The van der Waals surface area contributed by atoms with Crippen LogP contribution in [-0.2, 0) is 4.79 Å². The van der Waals surface area contributed by atoms with Gasteiger partial charge in [-0.3, -0.25) is 4.79 Å². The molecule has 1 amide bonds. The maximum Gasteiger partial charge on any atom is 0.265 e. The average Bonchev–Trinajstić information content (AvgIpc) is 2.57. The van der Waals surface area contributed by atoms with Gasteiger partial charge in [0, 0.05) is 16.8 Å². The van der Waals surface area contributed by atoms with Crippen LogP contribution in [0.3, 0.4) is 0 Å². The zero-order valence-electron chi connectivity index (χ0n) is 13.4. The van der Waals surface area contributed by atoms with Gasteiger partial charge in [-0.05, 0) is 53.2 Å². The molecule has 128 valence electrons. The number of anilines is 1. The van der Waals surface area contributed by atoms with E-state index in [1.807, 2.05) is 0 Å². The van der Waals surface area contributed by atoms with Crippen molar-refractivity contribution in [3.05, 3.63) is 45.9 Å². The Morgan fingerprint density at radius 2 is 1.75 bits per heavy atom. The summed E-state index contributed by atoms with van der Waals surface area (Å²) in [7, 11) is 3.09. The van der Waals surface area contributed by atoms with E-state index in [0.717, 1.165) is 0 Å². The van der Waals surface area contributed by atoms with Crippen molar-refractivity contribution in [3.8, 4) is 17.2 Å². The fourth-order valence-corrected chi connectivity index (χ4v) is 2.75. The fraction of sp³-hybridized carbons (Fsp3) is 0.235. The lowest BCUT2D eigenvalue weighted by Crippen LogP contribution is -2.30. The molecule has 2 rings (SSSR count). The van der Waals surface area contributed by atoms with Gasteiger partial charge >= 0.3 is 0 Å². The molecule has 7 heteroatoms. The van der Waals surface area contributed by atoms with Crippen LogP contribution in [-0.4, -0.2) is 26.2 Å². The van der Waals surface area contributed by atoms with E-state index in [4.69, 9.17) is 25.8 Å². The second-order valence-corrected chi connectivity index (χ2v) is 6.18. The molecule has 1 N–H and O–H groups in total. The molecule has 0 aromatic heterocycles. The largest absolute Gasteiger partial charge is 0.493 e. The van der Waals surface area contributed by atoms with Gasteiger partial charge in [-0.2, -0.15) is 0 Å². The molecule has 0 saturated carbocycles. The molecule has 0 aliphatic carbocycles.